The fraction of sp³-hybridized carbons (Fsp3) is 0.316. The minimum absolute atomic E-state index is 0.00731. The maximum Gasteiger partial charge on any atom is 0.262 e. The summed E-state index contributed by atoms with van der Waals surface area (Å²) >= 11 is 0. The molecule has 0 N–H and O–H groups in total. The lowest BCUT2D eigenvalue weighted by Gasteiger charge is -2.37. The molecule has 0 bridgehead atoms. The summed E-state index contributed by atoms with van der Waals surface area (Å²) in [4.78, 5) is 17.1. The number of para-hydroxylation sites is 2. The van der Waals surface area contributed by atoms with Crippen LogP contribution in [-0.4, -0.2) is 38.6 Å². The zero-order valence-corrected chi connectivity index (χ0v) is 13.8. The fourth-order valence-corrected chi connectivity index (χ4v) is 3.26. The summed E-state index contributed by atoms with van der Waals surface area (Å²) < 4.78 is 5.35. The number of amides is 1. The molecule has 4 heteroatoms. The summed E-state index contributed by atoms with van der Waals surface area (Å²) in [5.74, 6) is 0.608. The largest absolute Gasteiger partial charge is 0.496 e. The van der Waals surface area contributed by atoms with Gasteiger partial charge in [-0.3, -0.25) is 4.79 Å². The molecule has 1 heterocycles. The molecule has 0 fully saturated rings. The molecular formula is C19H22N2O2. The van der Waals surface area contributed by atoms with Crippen molar-refractivity contribution in [3.05, 3.63) is 59.7 Å². The number of benzene rings is 2. The Balaban J connectivity index is 2.01. The van der Waals surface area contributed by atoms with E-state index in [4.69, 9.17) is 4.74 Å². The first-order chi connectivity index (χ1) is 11.1. The van der Waals surface area contributed by atoms with Crippen molar-refractivity contribution < 1.29 is 9.53 Å². The average molecular weight is 310 g/mol. The summed E-state index contributed by atoms with van der Waals surface area (Å²) in [6, 6.07) is 15.9. The number of methoxy groups -OCH3 is 1. The molecule has 4 nitrogen and oxygen atoms in total. The highest BCUT2D eigenvalue weighted by Crippen LogP contribution is 2.37. The molecule has 0 aliphatic carbocycles. The van der Waals surface area contributed by atoms with Crippen LogP contribution in [0.4, 0.5) is 5.69 Å². The van der Waals surface area contributed by atoms with E-state index in [9.17, 15) is 4.79 Å². The Kier molecular flexibility index (Phi) is 4.35. The molecule has 1 unspecified atom stereocenters. The van der Waals surface area contributed by atoms with Gasteiger partial charge < -0.3 is 14.5 Å². The van der Waals surface area contributed by atoms with Gasteiger partial charge in [-0.05, 0) is 44.3 Å². The zero-order valence-electron chi connectivity index (χ0n) is 13.8. The Bertz CT molecular complexity index is 712. The van der Waals surface area contributed by atoms with Gasteiger partial charge in [0.15, 0.2) is 0 Å². The van der Waals surface area contributed by atoms with Gasteiger partial charge in [-0.25, -0.2) is 0 Å². The SMILES string of the molecule is COc1ccccc1C(=O)N1CCC(N(C)C)c2ccccc21. The summed E-state index contributed by atoms with van der Waals surface area (Å²) in [7, 11) is 5.76. The van der Waals surface area contributed by atoms with Crippen LogP contribution in [0.2, 0.25) is 0 Å². The summed E-state index contributed by atoms with van der Waals surface area (Å²) in [6.07, 6.45) is 0.922. The van der Waals surface area contributed by atoms with Gasteiger partial charge in [0.25, 0.3) is 5.91 Å². The zero-order chi connectivity index (χ0) is 16.4. The molecular weight excluding hydrogens is 288 g/mol. The van der Waals surface area contributed by atoms with Crippen LogP contribution in [0.25, 0.3) is 0 Å². The topological polar surface area (TPSA) is 32.8 Å². The lowest BCUT2D eigenvalue weighted by Crippen LogP contribution is -2.39. The third-order valence-electron chi connectivity index (χ3n) is 4.42. The Morgan fingerprint density at radius 1 is 1.13 bits per heavy atom. The van der Waals surface area contributed by atoms with Gasteiger partial charge in [-0.1, -0.05) is 30.3 Å². The van der Waals surface area contributed by atoms with E-state index in [1.165, 1.54) is 5.56 Å². The first-order valence-corrected chi connectivity index (χ1v) is 7.83. The second kappa shape index (κ2) is 6.42. The first-order valence-electron chi connectivity index (χ1n) is 7.83. The standard InChI is InChI=1S/C19H22N2O2/c1-20(2)16-12-13-21(17-10-6-4-8-14(16)17)19(22)15-9-5-7-11-18(15)23-3/h4-11,16H,12-13H2,1-3H3. The Morgan fingerprint density at radius 3 is 2.57 bits per heavy atom. The van der Waals surface area contributed by atoms with Crippen LogP contribution in [0.15, 0.2) is 48.5 Å². The molecule has 1 amide bonds. The predicted molar refractivity (Wildman–Crippen MR) is 92.2 cm³/mol. The lowest BCUT2D eigenvalue weighted by molar-refractivity contribution is 0.0977. The van der Waals surface area contributed by atoms with Crippen molar-refractivity contribution >= 4 is 11.6 Å². The number of fused-ring (bicyclic) bond motifs is 1. The maximum absolute atomic E-state index is 13.1. The van der Waals surface area contributed by atoms with E-state index >= 15 is 0 Å². The molecule has 2 aromatic rings. The number of rotatable bonds is 3. The van der Waals surface area contributed by atoms with Gasteiger partial charge in [0.2, 0.25) is 0 Å². The predicted octanol–water partition coefficient (Wildman–Crippen LogP) is 3.35. The molecule has 0 spiro atoms. The van der Waals surface area contributed by atoms with Crippen molar-refractivity contribution in [2.24, 2.45) is 0 Å². The van der Waals surface area contributed by atoms with Crippen LogP contribution in [-0.2, 0) is 0 Å². The molecule has 23 heavy (non-hydrogen) atoms. The summed E-state index contributed by atoms with van der Waals surface area (Å²) in [5, 5.41) is 0. The Labute approximate surface area is 137 Å². The average Bonchev–Trinajstić information content (AvgIpc) is 2.60. The minimum Gasteiger partial charge on any atom is -0.496 e. The molecule has 0 saturated heterocycles. The normalized spacial score (nSPS) is 17.0. The number of hydrogen-bond acceptors (Lipinski definition) is 3. The highest BCUT2D eigenvalue weighted by atomic mass is 16.5. The van der Waals surface area contributed by atoms with Crippen molar-refractivity contribution in [1.82, 2.24) is 4.90 Å². The third-order valence-corrected chi connectivity index (χ3v) is 4.42. The maximum atomic E-state index is 13.1. The van der Waals surface area contributed by atoms with Crippen molar-refractivity contribution in [2.45, 2.75) is 12.5 Å². The number of ether oxygens (including phenoxy) is 1. The number of carbonyl (C=O) groups is 1. The molecule has 3 rings (SSSR count). The van der Waals surface area contributed by atoms with Crippen LogP contribution in [0.1, 0.15) is 28.4 Å². The smallest absolute Gasteiger partial charge is 0.262 e. The third kappa shape index (κ3) is 2.82. The van der Waals surface area contributed by atoms with Crippen LogP contribution >= 0.6 is 0 Å². The van der Waals surface area contributed by atoms with Gasteiger partial charge in [0.1, 0.15) is 5.75 Å². The van der Waals surface area contributed by atoms with Crippen LogP contribution in [0.3, 0.4) is 0 Å². The van der Waals surface area contributed by atoms with Gasteiger partial charge in [0, 0.05) is 18.3 Å². The van der Waals surface area contributed by atoms with E-state index in [1.807, 2.05) is 47.4 Å². The van der Waals surface area contributed by atoms with E-state index in [-0.39, 0.29) is 5.91 Å². The highest BCUT2D eigenvalue weighted by Gasteiger charge is 2.30. The molecule has 2 aromatic carbocycles. The van der Waals surface area contributed by atoms with E-state index < -0.39 is 0 Å². The molecule has 1 atom stereocenters. The summed E-state index contributed by atoms with van der Waals surface area (Å²) in [5.41, 5.74) is 2.80. The van der Waals surface area contributed by atoms with Crippen LogP contribution in [0, 0.1) is 0 Å². The number of nitrogens with zero attached hydrogens (tertiary/aromatic N) is 2. The van der Waals surface area contributed by atoms with Gasteiger partial charge in [-0.15, -0.1) is 0 Å². The molecule has 1 aliphatic rings. The van der Waals surface area contributed by atoms with Crippen molar-refractivity contribution in [2.75, 3.05) is 32.6 Å². The van der Waals surface area contributed by atoms with Crippen molar-refractivity contribution in [1.29, 1.82) is 0 Å². The van der Waals surface area contributed by atoms with Gasteiger partial charge in [-0.2, -0.15) is 0 Å². The van der Waals surface area contributed by atoms with E-state index in [0.717, 1.165) is 12.1 Å². The van der Waals surface area contributed by atoms with Crippen molar-refractivity contribution in [3.8, 4) is 5.75 Å². The second-order valence-electron chi connectivity index (χ2n) is 5.98. The van der Waals surface area contributed by atoms with Gasteiger partial charge >= 0.3 is 0 Å². The first kappa shape index (κ1) is 15.6. The second-order valence-corrected chi connectivity index (χ2v) is 5.98. The van der Waals surface area contributed by atoms with Crippen molar-refractivity contribution in [3.63, 3.8) is 0 Å². The van der Waals surface area contributed by atoms with Gasteiger partial charge in [0.05, 0.1) is 12.7 Å². The van der Waals surface area contributed by atoms with Crippen LogP contribution < -0.4 is 9.64 Å². The monoisotopic (exact) mass is 310 g/mol. The lowest BCUT2D eigenvalue weighted by atomic mass is 9.95. The number of hydrogen-bond donors (Lipinski definition) is 0. The quantitative estimate of drug-likeness (QED) is 0.871. The summed E-state index contributed by atoms with van der Waals surface area (Å²) in [6.45, 7) is 0.705. The minimum atomic E-state index is -0.00731. The molecule has 0 aromatic heterocycles. The van der Waals surface area contributed by atoms with E-state index in [0.29, 0.717) is 23.9 Å². The molecule has 1 aliphatic heterocycles. The molecule has 0 radical (unpaired) electrons. The van der Waals surface area contributed by atoms with Crippen LogP contribution in [0.5, 0.6) is 5.75 Å². The van der Waals surface area contributed by atoms with E-state index in [2.05, 4.69) is 25.1 Å². The Hall–Kier alpha value is -2.33. The molecule has 120 valence electrons. The fourth-order valence-electron chi connectivity index (χ4n) is 3.26. The molecule has 0 saturated carbocycles. The number of anilines is 1. The van der Waals surface area contributed by atoms with E-state index in [1.54, 1.807) is 7.11 Å². The highest BCUT2D eigenvalue weighted by molar-refractivity contribution is 6.08. The Morgan fingerprint density at radius 2 is 1.83 bits per heavy atom. The number of carbonyl (C=O) groups excluding carboxylic acids is 1.